The standard InChI is InChI=1S/C14H16BrClN2.CO2/c1-4-12-13(16)14(18(5-2)17-12)11-7-6-10(15)8-9(11)3;2-1-3/h6-8H,4-5H2,1-3H3;. The minimum atomic E-state index is 0.250. The fourth-order valence-electron chi connectivity index (χ4n) is 2.09. The highest BCUT2D eigenvalue weighted by molar-refractivity contribution is 9.10. The average molecular weight is 372 g/mol. The molecule has 21 heavy (non-hydrogen) atoms. The van der Waals surface area contributed by atoms with E-state index in [1.807, 2.05) is 10.7 Å². The molecule has 112 valence electrons. The van der Waals surface area contributed by atoms with E-state index in [1.54, 1.807) is 0 Å². The van der Waals surface area contributed by atoms with E-state index in [0.717, 1.165) is 39.4 Å². The second kappa shape index (κ2) is 8.13. The molecule has 0 amide bonds. The first-order valence-corrected chi connectivity index (χ1v) is 7.68. The number of aryl methyl sites for hydroxylation is 3. The summed E-state index contributed by atoms with van der Waals surface area (Å²) in [6, 6.07) is 6.23. The van der Waals surface area contributed by atoms with E-state index in [1.165, 1.54) is 5.56 Å². The van der Waals surface area contributed by atoms with Crippen LogP contribution >= 0.6 is 27.5 Å². The maximum absolute atomic E-state index is 8.12. The molecule has 4 nitrogen and oxygen atoms in total. The van der Waals surface area contributed by atoms with Crippen LogP contribution in [0.15, 0.2) is 22.7 Å². The van der Waals surface area contributed by atoms with Gasteiger partial charge in [0.25, 0.3) is 0 Å². The zero-order valence-corrected chi connectivity index (χ0v) is 14.5. The molecule has 1 aromatic heterocycles. The number of aromatic nitrogens is 2. The van der Waals surface area contributed by atoms with Crippen molar-refractivity contribution in [3.8, 4) is 11.3 Å². The van der Waals surface area contributed by atoms with Crippen molar-refractivity contribution in [2.75, 3.05) is 0 Å². The van der Waals surface area contributed by atoms with E-state index in [0.29, 0.717) is 0 Å². The average Bonchev–Trinajstić information content (AvgIpc) is 2.76. The molecule has 0 fully saturated rings. The van der Waals surface area contributed by atoms with Crippen molar-refractivity contribution >= 4 is 33.7 Å². The first kappa shape index (κ1) is 17.6. The minimum Gasteiger partial charge on any atom is -0.263 e. The quantitative estimate of drug-likeness (QED) is 0.809. The van der Waals surface area contributed by atoms with E-state index in [9.17, 15) is 0 Å². The molecule has 6 heteroatoms. The Morgan fingerprint density at radius 1 is 1.33 bits per heavy atom. The highest BCUT2D eigenvalue weighted by Gasteiger charge is 2.17. The Morgan fingerprint density at radius 2 is 1.95 bits per heavy atom. The molecule has 0 atom stereocenters. The summed E-state index contributed by atoms with van der Waals surface area (Å²) in [6.45, 7) is 7.08. The smallest absolute Gasteiger partial charge is 0.263 e. The summed E-state index contributed by atoms with van der Waals surface area (Å²) >= 11 is 9.95. The van der Waals surface area contributed by atoms with E-state index < -0.39 is 0 Å². The van der Waals surface area contributed by atoms with Gasteiger partial charge in [0.1, 0.15) is 0 Å². The van der Waals surface area contributed by atoms with Gasteiger partial charge in [0.2, 0.25) is 0 Å². The van der Waals surface area contributed by atoms with Crippen molar-refractivity contribution in [3.63, 3.8) is 0 Å². The lowest BCUT2D eigenvalue weighted by Gasteiger charge is -2.09. The molecule has 2 rings (SSSR count). The summed E-state index contributed by atoms with van der Waals surface area (Å²) in [7, 11) is 0. The van der Waals surface area contributed by atoms with Crippen molar-refractivity contribution in [2.24, 2.45) is 0 Å². The summed E-state index contributed by atoms with van der Waals surface area (Å²) in [5.41, 5.74) is 4.35. The molecule has 0 aliphatic carbocycles. The molecule has 0 spiro atoms. The number of benzene rings is 1. The summed E-state index contributed by atoms with van der Waals surface area (Å²) in [6.07, 6.45) is 1.11. The first-order valence-electron chi connectivity index (χ1n) is 6.51. The topological polar surface area (TPSA) is 52.0 Å². The predicted octanol–water partition coefficient (Wildman–Crippen LogP) is 4.27. The molecule has 0 saturated carbocycles. The van der Waals surface area contributed by atoms with Gasteiger partial charge in [-0.25, -0.2) is 0 Å². The molecule has 2 aromatic rings. The largest absolute Gasteiger partial charge is 0.373 e. The van der Waals surface area contributed by atoms with Gasteiger partial charge in [-0.1, -0.05) is 40.5 Å². The number of halogens is 2. The lowest BCUT2D eigenvalue weighted by atomic mass is 10.1. The second-order valence-corrected chi connectivity index (χ2v) is 5.61. The number of hydrogen-bond donors (Lipinski definition) is 0. The Balaban J connectivity index is 0.000000677. The number of rotatable bonds is 3. The lowest BCUT2D eigenvalue weighted by Crippen LogP contribution is -2.00. The third-order valence-corrected chi connectivity index (χ3v) is 3.93. The maximum atomic E-state index is 8.12. The maximum Gasteiger partial charge on any atom is 0.373 e. The van der Waals surface area contributed by atoms with Gasteiger partial charge < -0.3 is 0 Å². The zero-order chi connectivity index (χ0) is 16.0. The molecule has 0 aliphatic heterocycles. The van der Waals surface area contributed by atoms with Crippen molar-refractivity contribution in [1.29, 1.82) is 0 Å². The first-order chi connectivity index (χ1) is 9.99. The van der Waals surface area contributed by atoms with Gasteiger partial charge in [-0.3, -0.25) is 4.68 Å². The molecule has 0 saturated heterocycles. The Bertz CT molecular complexity index is 662. The van der Waals surface area contributed by atoms with Gasteiger partial charge in [-0.15, -0.1) is 0 Å². The second-order valence-electron chi connectivity index (χ2n) is 4.32. The van der Waals surface area contributed by atoms with Crippen LogP contribution in [0.1, 0.15) is 25.1 Å². The van der Waals surface area contributed by atoms with Gasteiger partial charge in [0, 0.05) is 16.6 Å². The summed E-state index contributed by atoms with van der Waals surface area (Å²) in [5, 5.41) is 5.34. The highest BCUT2D eigenvalue weighted by atomic mass is 79.9. The van der Waals surface area contributed by atoms with E-state index in [-0.39, 0.29) is 6.15 Å². The SMILES string of the molecule is CCc1nn(CC)c(-c2ccc(Br)cc2C)c1Cl.O=C=O. The van der Waals surface area contributed by atoms with Gasteiger partial charge in [0.15, 0.2) is 0 Å². The molecule has 0 aliphatic rings. The van der Waals surface area contributed by atoms with Crippen LogP contribution in [0.25, 0.3) is 11.3 Å². The molecular formula is C15H16BrClN2O2. The van der Waals surface area contributed by atoms with Crippen molar-refractivity contribution in [2.45, 2.75) is 33.7 Å². The van der Waals surface area contributed by atoms with Crippen LogP contribution < -0.4 is 0 Å². The summed E-state index contributed by atoms with van der Waals surface area (Å²) < 4.78 is 3.07. The molecule has 1 aromatic carbocycles. The van der Waals surface area contributed by atoms with E-state index in [4.69, 9.17) is 21.2 Å². The Kier molecular flexibility index (Phi) is 6.82. The van der Waals surface area contributed by atoms with Crippen LogP contribution in [0.2, 0.25) is 5.02 Å². The van der Waals surface area contributed by atoms with Gasteiger partial charge >= 0.3 is 6.15 Å². The monoisotopic (exact) mass is 370 g/mol. The highest BCUT2D eigenvalue weighted by Crippen LogP contribution is 2.34. The molecule has 1 heterocycles. The predicted molar refractivity (Wildman–Crippen MR) is 85.2 cm³/mol. The molecule has 0 unspecified atom stereocenters. The Morgan fingerprint density at radius 3 is 2.43 bits per heavy atom. The third kappa shape index (κ3) is 4.03. The van der Waals surface area contributed by atoms with Gasteiger partial charge in [-0.05, 0) is 38.0 Å². The van der Waals surface area contributed by atoms with Crippen LogP contribution in [0, 0.1) is 6.92 Å². The van der Waals surface area contributed by atoms with Crippen molar-refractivity contribution in [1.82, 2.24) is 9.78 Å². The van der Waals surface area contributed by atoms with Crippen LogP contribution in [0.3, 0.4) is 0 Å². The van der Waals surface area contributed by atoms with Crippen LogP contribution in [-0.4, -0.2) is 15.9 Å². The summed E-state index contributed by atoms with van der Waals surface area (Å²) in [4.78, 5) is 16.2. The van der Waals surface area contributed by atoms with E-state index >= 15 is 0 Å². The molecule has 0 N–H and O–H groups in total. The van der Waals surface area contributed by atoms with Crippen LogP contribution in [0.4, 0.5) is 0 Å². The zero-order valence-electron chi connectivity index (χ0n) is 12.1. The number of nitrogens with zero attached hydrogens (tertiary/aromatic N) is 2. The van der Waals surface area contributed by atoms with Crippen LogP contribution in [0.5, 0.6) is 0 Å². The fraction of sp³-hybridized carbons (Fsp3) is 0.333. The van der Waals surface area contributed by atoms with E-state index in [2.05, 4.69) is 53.9 Å². The fourth-order valence-corrected chi connectivity index (χ4v) is 2.94. The minimum absolute atomic E-state index is 0.250. The molecule has 0 radical (unpaired) electrons. The van der Waals surface area contributed by atoms with Gasteiger partial charge in [0.05, 0.1) is 16.4 Å². The van der Waals surface area contributed by atoms with Crippen LogP contribution in [-0.2, 0) is 22.6 Å². The van der Waals surface area contributed by atoms with Gasteiger partial charge in [-0.2, -0.15) is 14.7 Å². The van der Waals surface area contributed by atoms with Crippen molar-refractivity contribution in [3.05, 3.63) is 39.0 Å². The summed E-state index contributed by atoms with van der Waals surface area (Å²) in [5.74, 6) is 0. The Labute approximate surface area is 137 Å². The lowest BCUT2D eigenvalue weighted by molar-refractivity contribution is -0.191. The molecular weight excluding hydrogens is 356 g/mol. The van der Waals surface area contributed by atoms with Crippen molar-refractivity contribution < 1.29 is 9.59 Å². The third-order valence-electron chi connectivity index (χ3n) is 3.04. The normalized spacial score (nSPS) is 9.76. The molecule has 0 bridgehead atoms. The number of hydrogen-bond acceptors (Lipinski definition) is 3. The number of carbonyl (C=O) groups excluding carboxylic acids is 2. The Hall–Kier alpha value is -1.42.